The zero-order chi connectivity index (χ0) is 13.5. The Morgan fingerprint density at radius 1 is 1.44 bits per heavy atom. The van der Waals surface area contributed by atoms with Gasteiger partial charge in [-0.15, -0.1) is 0 Å². The fourth-order valence-electron chi connectivity index (χ4n) is 1.45. The maximum Gasteiger partial charge on any atom is 0.234 e. The number of nitrogens with two attached hydrogens (primary N) is 1. The first-order valence-electron chi connectivity index (χ1n) is 5.88. The molecule has 0 radical (unpaired) electrons. The Balaban J connectivity index is 2.22. The summed E-state index contributed by atoms with van der Waals surface area (Å²) in [4.78, 5) is 12.8. The predicted molar refractivity (Wildman–Crippen MR) is 67.8 cm³/mol. The SMILES string of the molecule is CC(C(N)=O)N(C)CCCOc1ccc(F)cc1. The van der Waals surface area contributed by atoms with Crippen molar-refractivity contribution in [1.82, 2.24) is 4.90 Å². The van der Waals surface area contributed by atoms with Crippen LogP contribution in [0.4, 0.5) is 4.39 Å². The van der Waals surface area contributed by atoms with Gasteiger partial charge in [-0.2, -0.15) is 0 Å². The number of hydrogen-bond acceptors (Lipinski definition) is 3. The van der Waals surface area contributed by atoms with Crippen LogP contribution in [0.25, 0.3) is 0 Å². The summed E-state index contributed by atoms with van der Waals surface area (Å²) < 4.78 is 18.1. The number of nitrogens with zero attached hydrogens (tertiary/aromatic N) is 1. The van der Waals surface area contributed by atoms with Crippen LogP contribution in [0.2, 0.25) is 0 Å². The molecule has 4 nitrogen and oxygen atoms in total. The van der Waals surface area contributed by atoms with Gasteiger partial charge in [0.25, 0.3) is 0 Å². The van der Waals surface area contributed by atoms with Gasteiger partial charge in [-0.05, 0) is 44.7 Å². The summed E-state index contributed by atoms with van der Waals surface area (Å²) in [6.45, 7) is 3.00. The second kappa shape index (κ2) is 6.96. The lowest BCUT2D eigenvalue weighted by Gasteiger charge is -2.21. The summed E-state index contributed by atoms with van der Waals surface area (Å²) in [5, 5.41) is 0. The van der Waals surface area contributed by atoms with Crippen molar-refractivity contribution in [2.75, 3.05) is 20.2 Å². The fourth-order valence-corrected chi connectivity index (χ4v) is 1.45. The Kier molecular flexibility index (Phi) is 5.58. The molecule has 18 heavy (non-hydrogen) atoms. The van der Waals surface area contributed by atoms with E-state index in [1.54, 1.807) is 19.1 Å². The van der Waals surface area contributed by atoms with E-state index >= 15 is 0 Å². The summed E-state index contributed by atoms with van der Waals surface area (Å²) in [6, 6.07) is 5.61. The summed E-state index contributed by atoms with van der Waals surface area (Å²) in [7, 11) is 1.84. The molecule has 0 saturated heterocycles. The average Bonchev–Trinajstić information content (AvgIpc) is 2.35. The highest BCUT2D eigenvalue weighted by atomic mass is 19.1. The molecule has 1 rings (SSSR count). The van der Waals surface area contributed by atoms with Gasteiger partial charge in [-0.1, -0.05) is 0 Å². The van der Waals surface area contributed by atoms with Crippen LogP contribution < -0.4 is 10.5 Å². The van der Waals surface area contributed by atoms with Crippen molar-refractivity contribution in [2.24, 2.45) is 5.73 Å². The number of primary amides is 1. The Morgan fingerprint density at radius 2 is 2.06 bits per heavy atom. The van der Waals surface area contributed by atoms with Gasteiger partial charge in [-0.25, -0.2) is 4.39 Å². The fraction of sp³-hybridized carbons (Fsp3) is 0.462. The molecule has 0 aliphatic rings. The molecule has 2 N–H and O–H groups in total. The summed E-state index contributed by atoms with van der Waals surface area (Å²) in [5.41, 5.74) is 5.20. The molecule has 0 bridgehead atoms. The van der Waals surface area contributed by atoms with Crippen LogP contribution >= 0.6 is 0 Å². The van der Waals surface area contributed by atoms with E-state index in [0.29, 0.717) is 18.9 Å². The molecule has 1 amide bonds. The number of hydrogen-bond donors (Lipinski definition) is 1. The number of ether oxygens (including phenoxy) is 1. The predicted octanol–water partition coefficient (Wildman–Crippen LogP) is 1.40. The monoisotopic (exact) mass is 254 g/mol. The molecule has 0 aromatic heterocycles. The number of amides is 1. The van der Waals surface area contributed by atoms with E-state index in [2.05, 4.69) is 0 Å². The molecule has 0 spiro atoms. The second-order valence-corrected chi connectivity index (χ2v) is 4.21. The quantitative estimate of drug-likeness (QED) is 0.748. The first-order valence-corrected chi connectivity index (χ1v) is 5.88. The number of carbonyl (C=O) groups is 1. The van der Waals surface area contributed by atoms with Crippen LogP contribution in [0.15, 0.2) is 24.3 Å². The summed E-state index contributed by atoms with van der Waals surface area (Å²) >= 11 is 0. The smallest absolute Gasteiger partial charge is 0.234 e. The number of halogens is 1. The van der Waals surface area contributed by atoms with Crippen molar-refractivity contribution in [3.8, 4) is 5.75 Å². The van der Waals surface area contributed by atoms with E-state index in [4.69, 9.17) is 10.5 Å². The lowest BCUT2D eigenvalue weighted by molar-refractivity contribution is -0.122. The van der Waals surface area contributed by atoms with Crippen LogP contribution in [0.3, 0.4) is 0 Å². The maximum atomic E-state index is 12.6. The maximum absolute atomic E-state index is 12.6. The molecule has 0 heterocycles. The van der Waals surface area contributed by atoms with Crippen molar-refractivity contribution < 1.29 is 13.9 Å². The Hall–Kier alpha value is -1.62. The third-order valence-corrected chi connectivity index (χ3v) is 2.81. The van der Waals surface area contributed by atoms with E-state index in [1.165, 1.54) is 12.1 Å². The zero-order valence-electron chi connectivity index (χ0n) is 10.7. The Morgan fingerprint density at radius 3 is 2.61 bits per heavy atom. The molecule has 1 atom stereocenters. The van der Waals surface area contributed by atoms with Gasteiger partial charge in [0.1, 0.15) is 11.6 Å². The van der Waals surface area contributed by atoms with E-state index in [0.717, 1.165) is 6.42 Å². The molecule has 0 aliphatic heterocycles. The van der Waals surface area contributed by atoms with Gasteiger partial charge in [-0.3, -0.25) is 9.69 Å². The Bertz CT molecular complexity index is 381. The van der Waals surface area contributed by atoms with E-state index in [-0.39, 0.29) is 17.8 Å². The molecule has 0 aliphatic carbocycles. The van der Waals surface area contributed by atoms with E-state index in [9.17, 15) is 9.18 Å². The van der Waals surface area contributed by atoms with Gasteiger partial charge in [0.2, 0.25) is 5.91 Å². The molecular formula is C13H19FN2O2. The largest absolute Gasteiger partial charge is 0.494 e. The Labute approximate surface area is 107 Å². The second-order valence-electron chi connectivity index (χ2n) is 4.21. The van der Waals surface area contributed by atoms with Crippen molar-refractivity contribution in [1.29, 1.82) is 0 Å². The standard InChI is InChI=1S/C13H19FN2O2/c1-10(13(15)17)16(2)8-3-9-18-12-6-4-11(14)5-7-12/h4-7,10H,3,8-9H2,1-2H3,(H2,15,17). The highest BCUT2D eigenvalue weighted by Gasteiger charge is 2.13. The topological polar surface area (TPSA) is 55.6 Å². The number of carbonyl (C=O) groups excluding carboxylic acids is 1. The minimum absolute atomic E-state index is 0.280. The van der Waals surface area contributed by atoms with Crippen molar-refractivity contribution >= 4 is 5.91 Å². The third-order valence-electron chi connectivity index (χ3n) is 2.81. The van der Waals surface area contributed by atoms with E-state index in [1.807, 2.05) is 11.9 Å². The molecule has 100 valence electrons. The van der Waals surface area contributed by atoms with Crippen LogP contribution in [0, 0.1) is 5.82 Å². The number of likely N-dealkylation sites (N-methyl/N-ethyl adjacent to an activating group) is 1. The van der Waals surface area contributed by atoms with Gasteiger partial charge in [0, 0.05) is 6.54 Å². The van der Waals surface area contributed by atoms with Crippen LogP contribution in [0.5, 0.6) is 5.75 Å². The molecule has 1 unspecified atom stereocenters. The van der Waals surface area contributed by atoms with Gasteiger partial charge in [0.05, 0.1) is 12.6 Å². The van der Waals surface area contributed by atoms with Crippen molar-refractivity contribution in [3.63, 3.8) is 0 Å². The highest BCUT2D eigenvalue weighted by molar-refractivity contribution is 5.79. The molecule has 1 aromatic rings. The normalized spacial score (nSPS) is 12.4. The minimum Gasteiger partial charge on any atom is -0.494 e. The molecule has 1 aromatic carbocycles. The minimum atomic E-state index is -0.336. The van der Waals surface area contributed by atoms with Gasteiger partial charge in [0.15, 0.2) is 0 Å². The van der Waals surface area contributed by atoms with Crippen molar-refractivity contribution in [2.45, 2.75) is 19.4 Å². The van der Waals surface area contributed by atoms with Crippen LogP contribution in [-0.4, -0.2) is 37.0 Å². The lowest BCUT2D eigenvalue weighted by atomic mass is 10.2. The molecule has 5 heteroatoms. The zero-order valence-corrected chi connectivity index (χ0v) is 10.7. The van der Waals surface area contributed by atoms with Crippen LogP contribution in [0.1, 0.15) is 13.3 Å². The van der Waals surface area contributed by atoms with Crippen molar-refractivity contribution in [3.05, 3.63) is 30.1 Å². The number of rotatable bonds is 7. The molecule has 0 saturated carbocycles. The number of benzene rings is 1. The summed E-state index contributed by atoms with van der Waals surface area (Å²) in [5.74, 6) is 0.0244. The van der Waals surface area contributed by atoms with Gasteiger partial charge >= 0.3 is 0 Å². The average molecular weight is 254 g/mol. The first-order chi connectivity index (χ1) is 8.50. The highest BCUT2D eigenvalue weighted by Crippen LogP contribution is 2.11. The van der Waals surface area contributed by atoms with Crippen LogP contribution in [-0.2, 0) is 4.79 Å². The molecule has 0 fully saturated rings. The van der Waals surface area contributed by atoms with Gasteiger partial charge < -0.3 is 10.5 Å². The summed E-state index contributed by atoms with van der Waals surface area (Å²) in [6.07, 6.45) is 0.769. The lowest BCUT2D eigenvalue weighted by Crippen LogP contribution is -2.40. The third kappa shape index (κ3) is 4.71. The van der Waals surface area contributed by atoms with E-state index < -0.39 is 0 Å². The first kappa shape index (κ1) is 14.4. The molecular weight excluding hydrogens is 235 g/mol.